The predicted molar refractivity (Wildman–Crippen MR) is 108 cm³/mol. The van der Waals surface area contributed by atoms with E-state index in [2.05, 4.69) is 10.3 Å². The molecule has 8 heteroatoms. The van der Waals surface area contributed by atoms with Crippen LogP contribution in [0.3, 0.4) is 0 Å². The molecule has 1 saturated heterocycles. The number of carbonyl (C=O) groups excluding carboxylic acids is 1. The Morgan fingerprint density at radius 2 is 2.08 bits per heavy atom. The van der Waals surface area contributed by atoms with E-state index in [1.54, 1.807) is 5.38 Å². The highest BCUT2D eigenvalue weighted by Gasteiger charge is 2.36. The monoisotopic (exact) mass is 415 g/mol. The fraction of sp³-hybridized carbons (Fsp3) is 0.444. The molecule has 0 aliphatic carbocycles. The molecule has 2 aromatic rings. The summed E-state index contributed by atoms with van der Waals surface area (Å²) in [7, 11) is 0. The summed E-state index contributed by atoms with van der Waals surface area (Å²) in [6.45, 7) is 2.38. The standard InChI is InChI=1S/C18H22ClN3O2S.ClH/c19-14-4-2-1-3-13(14)18(6-9-24-10-7-18)12-21-17(23)15-11-25-16(22-15)5-8-20;/h1-4,11H,5-10,12,20H2,(H,21,23);1H. The minimum absolute atomic E-state index is 0. The normalized spacial score (nSPS) is 15.9. The van der Waals surface area contributed by atoms with Crippen LogP contribution in [-0.4, -0.2) is 37.2 Å². The topological polar surface area (TPSA) is 77.2 Å². The number of carbonyl (C=O) groups is 1. The van der Waals surface area contributed by atoms with Crippen molar-refractivity contribution in [1.29, 1.82) is 0 Å². The Bertz CT molecular complexity index is 733. The molecule has 0 saturated carbocycles. The first kappa shape index (κ1) is 21.1. The van der Waals surface area contributed by atoms with Crippen molar-refractivity contribution >= 4 is 41.3 Å². The van der Waals surface area contributed by atoms with Gasteiger partial charge in [-0.3, -0.25) is 4.79 Å². The van der Waals surface area contributed by atoms with Crippen molar-refractivity contribution in [2.75, 3.05) is 26.3 Å². The summed E-state index contributed by atoms with van der Waals surface area (Å²) in [6.07, 6.45) is 2.35. The van der Waals surface area contributed by atoms with E-state index in [1.165, 1.54) is 11.3 Å². The number of halogens is 2. The summed E-state index contributed by atoms with van der Waals surface area (Å²) >= 11 is 7.91. The van der Waals surface area contributed by atoms with E-state index >= 15 is 0 Å². The highest BCUT2D eigenvalue weighted by Crippen LogP contribution is 2.38. The summed E-state index contributed by atoms with van der Waals surface area (Å²) in [5, 5.41) is 6.46. The van der Waals surface area contributed by atoms with Crippen molar-refractivity contribution in [3.63, 3.8) is 0 Å². The van der Waals surface area contributed by atoms with E-state index in [0.29, 0.717) is 38.4 Å². The van der Waals surface area contributed by atoms with E-state index in [9.17, 15) is 4.79 Å². The van der Waals surface area contributed by atoms with Crippen LogP contribution in [0.5, 0.6) is 0 Å². The van der Waals surface area contributed by atoms with Gasteiger partial charge in [0, 0.05) is 42.0 Å². The average Bonchev–Trinajstić information content (AvgIpc) is 3.10. The molecule has 142 valence electrons. The zero-order chi connectivity index (χ0) is 17.7. The molecule has 0 radical (unpaired) electrons. The van der Waals surface area contributed by atoms with Crippen molar-refractivity contribution in [1.82, 2.24) is 10.3 Å². The number of aromatic nitrogens is 1. The van der Waals surface area contributed by atoms with Gasteiger partial charge in [-0.15, -0.1) is 23.7 Å². The molecule has 0 unspecified atom stereocenters. The van der Waals surface area contributed by atoms with Crippen LogP contribution in [-0.2, 0) is 16.6 Å². The zero-order valence-corrected chi connectivity index (χ0v) is 16.8. The minimum atomic E-state index is -0.206. The molecule has 1 aromatic heterocycles. The number of nitrogens with zero attached hydrogens (tertiary/aromatic N) is 1. The van der Waals surface area contributed by atoms with Gasteiger partial charge in [0.2, 0.25) is 0 Å². The lowest BCUT2D eigenvalue weighted by Gasteiger charge is -2.38. The van der Waals surface area contributed by atoms with E-state index in [4.69, 9.17) is 22.1 Å². The summed E-state index contributed by atoms with van der Waals surface area (Å²) in [6, 6.07) is 7.85. The first-order chi connectivity index (χ1) is 12.1. The molecule has 2 heterocycles. The van der Waals surface area contributed by atoms with Crippen LogP contribution in [0.4, 0.5) is 0 Å². The second kappa shape index (κ2) is 9.67. The van der Waals surface area contributed by atoms with Gasteiger partial charge in [0.1, 0.15) is 5.69 Å². The summed E-state index contributed by atoms with van der Waals surface area (Å²) in [5.74, 6) is -0.155. The predicted octanol–water partition coefficient (Wildman–Crippen LogP) is 3.20. The van der Waals surface area contributed by atoms with Crippen LogP contribution in [0.15, 0.2) is 29.6 Å². The molecule has 1 aliphatic heterocycles. The Balaban J connectivity index is 0.00000243. The maximum absolute atomic E-state index is 12.5. The molecule has 0 atom stereocenters. The first-order valence-corrected chi connectivity index (χ1v) is 9.66. The Labute approximate surface area is 168 Å². The third-order valence-corrected chi connectivity index (χ3v) is 5.86. The van der Waals surface area contributed by atoms with Crippen LogP contribution >= 0.6 is 35.3 Å². The van der Waals surface area contributed by atoms with E-state index in [1.807, 2.05) is 24.3 Å². The number of thiazole rings is 1. The second-order valence-electron chi connectivity index (χ2n) is 6.22. The lowest BCUT2D eigenvalue weighted by molar-refractivity contribution is 0.0487. The van der Waals surface area contributed by atoms with E-state index < -0.39 is 0 Å². The van der Waals surface area contributed by atoms with Crippen molar-refractivity contribution in [2.24, 2.45) is 5.73 Å². The Morgan fingerprint density at radius 1 is 1.35 bits per heavy atom. The summed E-state index contributed by atoms with van der Waals surface area (Å²) in [5.41, 5.74) is 6.86. The van der Waals surface area contributed by atoms with Gasteiger partial charge in [-0.1, -0.05) is 29.8 Å². The molecule has 0 bridgehead atoms. The SMILES string of the molecule is Cl.NCCc1nc(C(=O)NCC2(c3ccccc3Cl)CCOCC2)cs1. The molecular weight excluding hydrogens is 393 g/mol. The molecule has 0 spiro atoms. The van der Waals surface area contributed by atoms with Crippen molar-refractivity contribution in [3.05, 3.63) is 50.9 Å². The quantitative estimate of drug-likeness (QED) is 0.758. The number of benzene rings is 1. The van der Waals surface area contributed by atoms with Gasteiger partial charge in [-0.05, 0) is 31.0 Å². The van der Waals surface area contributed by atoms with Gasteiger partial charge in [0.05, 0.1) is 5.01 Å². The molecule has 3 N–H and O–H groups in total. The lowest BCUT2D eigenvalue weighted by atomic mass is 9.74. The van der Waals surface area contributed by atoms with Gasteiger partial charge in [0.25, 0.3) is 5.91 Å². The van der Waals surface area contributed by atoms with Crippen LogP contribution < -0.4 is 11.1 Å². The average molecular weight is 416 g/mol. The second-order valence-corrected chi connectivity index (χ2v) is 7.57. The molecule has 26 heavy (non-hydrogen) atoms. The Hall–Kier alpha value is -1.18. The number of hydrogen-bond acceptors (Lipinski definition) is 5. The van der Waals surface area contributed by atoms with Crippen LogP contribution in [0.2, 0.25) is 5.02 Å². The van der Waals surface area contributed by atoms with Gasteiger partial charge in [-0.2, -0.15) is 0 Å². The molecule has 1 fully saturated rings. The lowest BCUT2D eigenvalue weighted by Crippen LogP contribution is -2.44. The Kier molecular flexibility index (Phi) is 7.85. The van der Waals surface area contributed by atoms with E-state index in [0.717, 1.165) is 28.4 Å². The summed E-state index contributed by atoms with van der Waals surface area (Å²) < 4.78 is 5.53. The Morgan fingerprint density at radius 3 is 2.77 bits per heavy atom. The number of hydrogen-bond donors (Lipinski definition) is 2. The minimum Gasteiger partial charge on any atom is -0.381 e. The number of nitrogens with one attached hydrogen (secondary N) is 1. The third kappa shape index (κ3) is 4.75. The van der Waals surface area contributed by atoms with Crippen LogP contribution in [0.1, 0.15) is 33.9 Å². The smallest absolute Gasteiger partial charge is 0.270 e. The fourth-order valence-electron chi connectivity index (χ4n) is 3.19. The molecule has 1 amide bonds. The van der Waals surface area contributed by atoms with Crippen molar-refractivity contribution < 1.29 is 9.53 Å². The first-order valence-electron chi connectivity index (χ1n) is 8.40. The number of nitrogens with two attached hydrogens (primary N) is 1. The number of ether oxygens (including phenoxy) is 1. The number of amides is 1. The largest absolute Gasteiger partial charge is 0.381 e. The fourth-order valence-corrected chi connectivity index (χ4v) is 4.32. The molecule has 5 nitrogen and oxygen atoms in total. The molecule has 1 aromatic carbocycles. The van der Waals surface area contributed by atoms with E-state index in [-0.39, 0.29) is 23.7 Å². The van der Waals surface area contributed by atoms with Gasteiger partial charge in [0.15, 0.2) is 0 Å². The van der Waals surface area contributed by atoms with Gasteiger partial charge >= 0.3 is 0 Å². The van der Waals surface area contributed by atoms with Gasteiger partial charge < -0.3 is 15.8 Å². The highest BCUT2D eigenvalue weighted by atomic mass is 35.5. The highest BCUT2D eigenvalue weighted by molar-refractivity contribution is 7.09. The maximum Gasteiger partial charge on any atom is 0.270 e. The third-order valence-electron chi connectivity index (χ3n) is 4.63. The maximum atomic E-state index is 12.5. The van der Waals surface area contributed by atoms with Crippen LogP contribution in [0, 0.1) is 0 Å². The zero-order valence-electron chi connectivity index (χ0n) is 14.4. The molecular formula is C18H23Cl2N3O2S. The molecule has 1 aliphatic rings. The van der Waals surface area contributed by atoms with Gasteiger partial charge in [-0.25, -0.2) is 4.98 Å². The molecule has 3 rings (SSSR count). The van der Waals surface area contributed by atoms with Crippen molar-refractivity contribution in [2.45, 2.75) is 24.7 Å². The van der Waals surface area contributed by atoms with Crippen molar-refractivity contribution in [3.8, 4) is 0 Å². The van der Waals surface area contributed by atoms with Crippen LogP contribution in [0.25, 0.3) is 0 Å². The summed E-state index contributed by atoms with van der Waals surface area (Å²) in [4.78, 5) is 16.9. The number of rotatable bonds is 6.